The topological polar surface area (TPSA) is 64.0 Å². The van der Waals surface area contributed by atoms with Gasteiger partial charge in [0, 0.05) is 12.6 Å². The summed E-state index contributed by atoms with van der Waals surface area (Å²) in [5, 5.41) is 7.14. The van der Waals surface area contributed by atoms with E-state index in [2.05, 4.69) is 29.5 Å². The Morgan fingerprint density at radius 1 is 1.00 bits per heavy atom. The van der Waals surface area contributed by atoms with Crippen LogP contribution in [0.3, 0.4) is 0 Å². The number of benzene rings is 2. The predicted octanol–water partition coefficient (Wildman–Crippen LogP) is 3.15. The number of nitrogens with zero attached hydrogens (tertiary/aromatic N) is 2. The fraction of sp³-hybridized carbons (Fsp3) is 0.227. The van der Waals surface area contributed by atoms with Crippen LogP contribution in [0.2, 0.25) is 0 Å². The third-order valence-electron chi connectivity index (χ3n) is 4.54. The number of aromatic nitrogens is 2. The molecular formula is C22H23N3O2. The Kier molecular flexibility index (Phi) is 5.50. The molecule has 1 N–H and O–H groups in total. The van der Waals surface area contributed by atoms with Crippen LogP contribution in [-0.2, 0) is 13.1 Å². The molecule has 5 heteroatoms. The molecule has 138 valence electrons. The van der Waals surface area contributed by atoms with Crippen molar-refractivity contribution in [2.24, 2.45) is 0 Å². The SMILES string of the molecule is Cc1cc(C)c(CNC(=O)c2ccc(=O)n(Cc3ccccc3)n2)c(C)c1. The van der Waals surface area contributed by atoms with E-state index in [9.17, 15) is 9.59 Å². The zero-order valence-electron chi connectivity index (χ0n) is 15.8. The average Bonchev–Trinajstić information content (AvgIpc) is 2.63. The zero-order valence-corrected chi connectivity index (χ0v) is 15.8. The minimum Gasteiger partial charge on any atom is -0.347 e. The van der Waals surface area contributed by atoms with Crippen molar-refractivity contribution < 1.29 is 4.79 Å². The van der Waals surface area contributed by atoms with Gasteiger partial charge in [0.1, 0.15) is 5.69 Å². The molecule has 0 aliphatic carbocycles. The molecule has 0 unspecified atom stereocenters. The van der Waals surface area contributed by atoms with Gasteiger partial charge >= 0.3 is 0 Å². The molecule has 2 aromatic carbocycles. The van der Waals surface area contributed by atoms with E-state index in [0.717, 1.165) is 22.3 Å². The average molecular weight is 361 g/mol. The molecule has 0 saturated carbocycles. The van der Waals surface area contributed by atoms with Crippen molar-refractivity contribution in [2.75, 3.05) is 0 Å². The highest BCUT2D eigenvalue weighted by molar-refractivity contribution is 5.92. The van der Waals surface area contributed by atoms with Gasteiger partial charge in [-0.15, -0.1) is 0 Å². The van der Waals surface area contributed by atoms with Gasteiger partial charge in [0.15, 0.2) is 0 Å². The zero-order chi connectivity index (χ0) is 19.4. The molecule has 5 nitrogen and oxygen atoms in total. The molecule has 1 aromatic heterocycles. The number of nitrogens with one attached hydrogen (secondary N) is 1. The Hall–Kier alpha value is -3.21. The van der Waals surface area contributed by atoms with Crippen LogP contribution in [0.25, 0.3) is 0 Å². The van der Waals surface area contributed by atoms with E-state index in [1.165, 1.54) is 22.4 Å². The van der Waals surface area contributed by atoms with Crippen LogP contribution in [0, 0.1) is 20.8 Å². The molecule has 0 bridgehead atoms. The molecule has 0 fully saturated rings. The first kappa shape index (κ1) is 18.6. The van der Waals surface area contributed by atoms with Gasteiger partial charge in [-0.2, -0.15) is 5.10 Å². The molecule has 0 atom stereocenters. The summed E-state index contributed by atoms with van der Waals surface area (Å²) >= 11 is 0. The maximum atomic E-state index is 12.5. The molecule has 0 saturated heterocycles. The van der Waals surface area contributed by atoms with Crippen LogP contribution in [-0.4, -0.2) is 15.7 Å². The lowest BCUT2D eigenvalue weighted by atomic mass is 10.00. The molecule has 0 spiro atoms. The van der Waals surface area contributed by atoms with Crippen molar-refractivity contribution in [3.8, 4) is 0 Å². The van der Waals surface area contributed by atoms with Gasteiger partial charge in [-0.1, -0.05) is 48.0 Å². The van der Waals surface area contributed by atoms with Crippen LogP contribution in [0.15, 0.2) is 59.4 Å². The maximum absolute atomic E-state index is 12.5. The summed E-state index contributed by atoms with van der Waals surface area (Å²) in [6.07, 6.45) is 0. The van der Waals surface area contributed by atoms with E-state index in [0.29, 0.717) is 13.1 Å². The first-order valence-electron chi connectivity index (χ1n) is 8.91. The second-order valence-electron chi connectivity index (χ2n) is 6.76. The van der Waals surface area contributed by atoms with Crippen molar-refractivity contribution >= 4 is 5.91 Å². The van der Waals surface area contributed by atoms with Gasteiger partial charge < -0.3 is 5.32 Å². The number of rotatable bonds is 5. The van der Waals surface area contributed by atoms with Crippen LogP contribution < -0.4 is 10.9 Å². The summed E-state index contributed by atoms with van der Waals surface area (Å²) in [6, 6.07) is 16.6. The van der Waals surface area contributed by atoms with Crippen LogP contribution >= 0.6 is 0 Å². The number of hydrogen-bond donors (Lipinski definition) is 1. The molecule has 1 amide bonds. The summed E-state index contributed by atoms with van der Waals surface area (Å²) in [7, 11) is 0. The minimum absolute atomic E-state index is 0.230. The summed E-state index contributed by atoms with van der Waals surface area (Å²) in [4.78, 5) is 24.6. The maximum Gasteiger partial charge on any atom is 0.271 e. The number of aryl methyl sites for hydroxylation is 3. The quantitative estimate of drug-likeness (QED) is 0.759. The van der Waals surface area contributed by atoms with E-state index in [1.807, 2.05) is 44.2 Å². The lowest BCUT2D eigenvalue weighted by Gasteiger charge is -2.13. The third-order valence-corrected chi connectivity index (χ3v) is 4.54. The molecule has 0 aliphatic heterocycles. The Morgan fingerprint density at radius 2 is 1.67 bits per heavy atom. The molecular weight excluding hydrogens is 338 g/mol. The Bertz CT molecular complexity index is 1000. The molecule has 27 heavy (non-hydrogen) atoms. The van der Waals surface area contributed by atoms with E-state index in [4.69, 9.17) is 0 Å². The molecule has 3 aromatic rings. The lowest BCUT2D eigenvalue weighted by molar-refractivity contribution is 0.0943. The van der Waals surface area contributed by atoms with Gasteiger partial charge in [-0.3, -0.25) is 9.59 Å². The van der Waals surface area contributed by atoms with Crippen molar-refractivity contribution in [1.29, 1.82) is 0 Å². The van der Waals surface area contributed by atoms with Crippen molar-refractivity contribution in [3.63, 3.8) is 0 Å². The van der Waals surface area contributed by atoms with Gasteiger partial charge in [-0.25, -0.2) is 4.68 Å². The summed E-state index contributed by atoms with van der Waals surface area (Å²) in [5.41, 5.74) is 5.55. The first-order valence-corrected chi connectivity index (χ1v) is 8.91. The highest BCUT2D eigenvalue weighted by atomic mass is 16.2. The summed E-state index contributed by atoms with van der Waals surface area (Å²) in [5.74, 6) is -0.295. The lowest BCUT2D eigenvalue weighted by Crippen LogP contribution is -2.30. The van der Waals surface area contributed by atoms with Crippen LogP contribution in [0.4, 0.5) is 0 Å². The monoisotopic (exact) mass is 361 g/mol. The van der Waals surface area contributed by atoms with Crippen LogP contribution in [0.5, 0.6) is 0 Å². The first-order chi connectivity index (χ1) is 12.9. The van der Waals surface area contributed by atoms with Gasteiger partial charge in [0.2, 0.25) is 0 Å². The predicted molar refractivity (Wildman–Crippen MR) is 106 cm³/mol. The third kappa shape index (κ3) is 4.50. The minimum atomic E-state index is -0.295. The fourth-order valence-corrected chi connectivity index (χ4v) is 3.19. The van der Waals surface area contributed by atoms with E-state index in [-0.39, 0.29) is 17.2 Å². The van der Waals surface area contributed by atoms with E-state index < -0.39 is 0 Å². The van der Waals surface area contributed by atoms with Gasteiger partial charge in [-0.05, 0) is 49.1 Å². The Balaban J connectivity index is 1.76. The van der Waals surface area contributed by atoms with Crippen LogP contribution in [0.1, 0.15) is 38.3 Å². The number of amides is 1. The van der Waals surface area contributed by atoms with E-state index in [1.54, 1.807) is 0 Å². The molecule has 0 radical (unpaired) electrons. The highest BCUT2D eigenvalue weighted by Gasteiger charge is 2.11. The second kappa shape index (κ2) is 7.99. The molecule has 3 rings (SSSR count). The summed E-state index contributed by atoms with van der Waals surface area (Å²) < 4.78 is 1.31. The number of carbonyl (C=O) groups excluding carboxylic acids is 1. The smallest absolute Gasteiger partial charge is 0.271 e. The van der Waals surface area contributed by atoms with Gasteiger partial charge in [0.25, 0.3) is 11.5 Å². The normalized spacial score (nSPS) is 10.6. The standard InChI is InChI=1S/C22H23N3O2/c1-15-11-16(2)19(17(3)12-15)13-23-22(27)20-9-10-21(26)25(24-20)14-18-7-5-4-6-8-18/h4-12H,13-14H2,1-3H3,(H,23,27). The summed E-state index contributed by atoms with van der Waals surface area (Å²) in [6.45, 7) is 6.90. The van der Waals surface area contributed by atoms with E-state index >= 15 is 0 Å². The Morgan fingerprint density at radius 3 is 2.33 bits per heavy atom. The van der Waals surface area contributed by atoms with Crippen molar-refractivity contribution in [3.05, 3.63) is 98.5 Å². The molecule has 1 heterocycles. The molecule has 0 aliphatic rings. The van der Waals surface area contributed by atoms with Crippen molar-refractivity contribution in [1.82, 2.24) is 15.1 Å². The van der Waals surface area contributed by atoms with Gasteiger partial charge in [0.05, 0.1) is 6.54 Å². The fourth-order valence-electron chi connectivity index (χ4n) is 3.19. The van der Waals surface area contributed by atoms with Crippen molar-refractivity contribution in [2.45, 2.75) is 33.9 Å². The number of hydrogen-bond acceptors (Lipinski definition) is 3. The second-order valence-corrected chi connectivity index (χ2v) is 6.76. The largest absolute Gasteiger partial charge is 0.347 e. The highest BCUT2D eigenvalue weighted by Crippen LogP contribution is 2.16. The Labute approximate surface area is 158 Å². The number of carbonyl (C=O) groups is 1.